The average molecular weight is 280 g/mol. The summed E-state index contributed by atoms with van der Waals surface area (Å²) in [7, 11) is 1.43. The number of halogens is 2. The number of rotatable bonds is 3. The van der Waals surface area contributed by atoms with E-state index in [0.717, 1.165) is 11.1 Å². The third kappa shape index (κ3) is 2.72. The summed E-state index contributed by atoms with van der Waals surface area (Å²) in [6.07, 6.45) is 0. The maximum atomic E-state index is 13.7. The predicted octanol–water partition coefficient (Wildman–Crippen LogP) is 3.84. The normalized spacial score (nSPS) is 12.3. The average Bonchev–Trinajstić information content (AvgIpc) is 2.41. The predicted molar refractivity (Wildman–Crippen MR) is 75.2 cm³/mol. The highest BCUT2D eigenvalue weighted by Crippen LogP contribution is 2.29. The quantitative estimate of drug-likeness (QED) is 0.926. The summed E-state index contributed by atoms with van der Waals surface area (Å²) < 4.78 is 18.6. The fraction of sp³-hybridized carbons (Fsp3) is 0.200. The second-order valence-electron chi connectivity index (χ2n) is 4.33. The van der Waals surface area contributed by atoms with Crippen LogP contribution in [0.2, 0.25) is 5.02 Å². The first-order valence-corrected chi connectivity index (χ1v) is 6.26. The van der Waals surface area contributed by atoms with Crippen molar-refractivity contribution in [3.05, 3.63) is 63.9 Å². The van der Waals surface area contributed by atoms with Gasteiger partial charge in [0.15, 0.2) is 11.6 Å². The molecule has 1 atom stereocenters. The molecular weight excluding hydrogens is 265 g/mol. The van der Waals surface area contributed by atoms with Crippen LogP contribution in [0.4, 0.5) is 4.39 Å². The molecule has 2 nitrogen and oxygen atoms in total. The molecule has 0 fully saturated rings. The summed E-state index contributed by atoms with van der Waals surface area (Å²) in [6.45, 7) is 1.90. The van der Waals surface area contributed by atoms with Crippen LogP contribution in [0.5, 0.6) is 5.75 Å². The van der Waals surface area contributed by atoms with Crippen LogP contribution in [0, 0.1) is 12.7 Å². The molecule has 0 saturated heterocycles. The minimum absolute atomic E-state index is 0.207. The molecule has 2 rings (SSSR count). The molecule has 0 amide bonds. The first kappa shape index (κ1) is 13.8. The molecule has 19 heavy (non-hydrogen) atoms. The second-order valence-corrected chi connectivity index (χ2v) is 4.73. The van der Waals surface area contributed by atoms with Crippen LogP contribution in [0.1, 0.15) is 22.7 Å². The van der Waals surface area contributed by atoms with Gasteiger partial charge in [-0.15, -0.1) is 0 Å². The van der Waals surface area contributed by atoms with Crippen LogP contribution < -0.4 is 10.5 Å². The lowest BCUT2D eigenvalue weighted by molar-refractivity contribution is 0.386. The number of hydrogen-bond donors (Lipinski definition) is 1. The Morgan fingerprint density at radius 3 is 2.63 bits per heavy atom. The molecule has 4 heteroatoms. The molecular formula is C15H15ClFNO. The topological polar surface area (TPSA) is 35.2 Å². The highest BCUT2D eigenvalue weighted by molar-refractivity contribution is 6.31. The molecule has 0 aliphatic rings. The van der Waals surface area contributed by atoms with E-state index in [-0.39, 0.29) is 5.75 Å². The van der Waals surface area contributed by atoms with E-state index in [4.69, 9.17) is 22.1 Å². The Morgan fingerprint density at radius 1 is 1.26 bits per heavy atom. The molecule has 2 aromatic rings. The highest BCUT2D eigenvalue weighted by Gasteiger charge is 2.15. The summed E-state index contributed by atoms with van der Waals surface area (Å²) >= 11 is 6.07. The lowest BCUT2D eigenvalue weighted by Crippen LogP contribution is -2.13. The van der Waals surface area contributed by atoms with Gasteiger partial charge < -0.3 is 10.5 Å². The minimum atomic E-state index is -0.421. The number of benzene rings is 2. The molecule has 0 aliphatic heterocycles. The molecule has 0 aromatic heterocycles. The third-order valence-corrected chi connectivity index (χ3v) is 3.59. The zero-order chi connectivity index (χ0) is 14.0. The Labute approximate surface area is 117 Å². The van der Waals surface area contributed by atoms with E-state index < -0.39 is 11.9 Å². The van der Waals surface area contributed by atoms with E-state index >= 15 is 0 Å². The summed E-state index contributed by atoms with van der Waals surface area (Å²) in [5.74, 6) is -0.214. The second kappa shape index (κ2) is 5.59. The first-order chi connectivity index (χ1) is 9.04. The molecule has 2 N–H and O–H groups in total. The molecule has 0 saturated carbocycles. The van der Waals surface area contributed by atoms with Crippen molar-refractivity contribution < 1.29 is 9.13 Å². The van der Waals surface area contributed by atoms with Crippen molar-refractivity contribution in [1.82, 2.24) is 0 Å². The van der Waals surface area contributed by atoms with Crippen molar-refractivity contribution in [3.8, 4) is 5.75 Å². The number of methoxy groups -OCH3 is 1. The first-order valence-electron chi connectivity index (χ1n) is 5.88. The van der Waals surface area contributed by atoms with Gasteiger partial charge in [0.2, 0.25) is 0 Å². The van der Waals surface area contributed by atoms with Crippen molar-refractivity contribution in [3.63, 3.8) is 0 Å². The van der Waals surface area contributed by atoms with Crippen LogP contribution in [-0.2, 0) is 0 Å². The molecule has 0 spiro atoms. The van der Waals surface area contributed by atoms with Crippen molar-refractivity contribution in [2.24, 2.45) is 5.73 Å². The highest BCUT2D eigenvalue weighted by atomic mass is 35.5. The van der Waals surface area contributed by atoms with Crippen molar-refractivity contribution in [1.29, 1.82) is 0 Å². The van der Waals surface area contributed by atoms with E-state index in [1.54, 1.807) is 12.1 Å². The van der Waals surface area contributed by atoms with E-state index in [0.29, 0.717) is 10.6 Å². The van der Waals surface area contributed by atoms with E-state index in [1.165, 1.54) is 13.2 Å². The smallest absolute Gasteiger partial charge is 0.165 e. The lowest BCUT2D eigenvalue weighted by Gasteiger charge is -2.16. The molecule has 0 bridgehead atoms. The SMILES string of the molecule is COc1ccc(C(N)c2cccc(Cl)c2C)cc1F. The number of ether oxygens (including phenoxy) is 1. The van der Waals surface area contributed by atoms with Gasteiger partial charge in [-0.1, -0.05) is 29.8 Å². The van der Waals surface area contributed by atoms with Gasteiger partial charge in [-0.2, -0.15) is 0 Å². The van der Waals surface area contributed by atoms with E-state index in [9.17, 15) is 4.39 Å². The van der Waals surface area contributed by atoms with Crippen LogP contribution in [0.15, 0.2) is 36.4 Å². The summed E-state index contributed by atoms with van der Waals surface area (Å²) in [5.41, 5.74) is 8.66. The summed E-state index contributed by atoms with van der Waals surface area (Å²) in [4.78, 5) is 0. The van der Waals surface area contributed by atoms with Gasteiger partial charge in [0, 0.05) is 5.02 Å². The van der Waals surface area contributed by atoms with Gasteiger partial charge in [-0.05, 0) is 41.8 Å². The lowest BCUT2D eigenvalue weighted by atomic mass is 9.95. The van der Waals surface area contributed by atoms with Crippen molar-refractivity contribution in [2.45, 2.75) is 13.0 Å². The minimum Gasteiger partial charge on any atom is -0.494 e. The monoisotopic (exact) mass is 279 g/mol. The fourth-order valence-electron chi connectivity index (χ4n) is 2.02. The molecule has 0 radical (unpaired) electrons. The van der Waals surface area contributed by atoms with Crippen LogP contribution in [0.3, 0.4) is 0 Å². The van der Waals surface area contributed by atoms with Gasteiger partial charge in [0.25, 0.3) is 0 Å². The van der Waals surface area contributed by atoms with Gasteiger partial charge >= 0.3 is 0 Å². The van der Waals surface area contributed by atoms with E-state index in [2.05, 4.69) is 0 Å². The number of hydrogen-bond acceptors (Lipinski definition) is 2. The summed E-state index contributed by atoms with van der Waals surface area (Å²) in [5, 5.41) is 0.655. The maximum Gasteiger partial charge on any atom is 0.165 e. The molecule has 100 valence electrons. The Morgan fingerprint density at radius 2 is 2.00 bits per heavy atom. The standard InChI is InChI=1S/C15H15ClFNO/c1-9-11(4-3-5-12(9)16)15(18)10-6-7-14(19-2)13(17)8-10/h3-8,15H,18H2,1-2H3. The Hall–Kier alpha value is -1.58. The zero-order valence-corrected chi connectivity index (χ0v) is 11.5. The Kier molecular flexibility index (Phi) is 4.08. The molecule has 2 aromatic carbocycles. The Balaban J connectivity index is 2.41. The molecule has 0 aliphatic carbocycles. The van der Waals surface area contributed by atoms with Crippen molar-refractivity contribution in [2.75, 3.05) is 7.11 Å². The van der Waals surface area contributed by atoms with Gasteiger partial charge in [-0.25, -0.2) is 4.39 Å². The zero-order valence-electron chi connectivity index (χ0n) is 10.8. The van der Waals surface area contributed by atoms with Crippen LogP contribution >= 0.6 is 11.6 Å². The van der Waals surface area contributed by atoms with Crippen molar-refractivity contribution >= 4 is 11.6 Å². The third-order valence-electron chi connectivity index (χ3n) is 3.18. The molecule has 1 unspecified atom stereocenters. The van der Waals surface area contributed by atoms with Gasteiger partial charge in [-0.3, -0.25) is 0 Å². The molecule has 0 heterocycles. The van der Waals surface area contributed by atoms with Gasteiger partial charge in [0.1, 0.15) is 0 Å². The summed E-state index contributed by atoms with van der Waals surface area (Å²) in [6, 6.07) is 9.85. The van der Waals surface area contributed by atoms with E-state index in [1.807, 2.05) is 25.1 Å². The number of nitrogens with two attached hydrogens (primary N) is 1. The van der Waals surface area contributed by atoms with Crippen LogP contribution in [0.25, 0.3) is 0 Å². The Bertz CT molecular complexity index is 601. The fourth-order valence-corrected chi connectivity index (χ4v) is 2.20. The maximum absolute atomic E-state index is 13.7. The largest absolute Gasteiger partial charge is 0.494 e. The van der Waals surface area contributed by atoms with Crippen LogP contribution in [-0.4, -0.2) is 7.11 Å². The van der Waals surface area contributed by atoms with Gasteiger partial charge in [0.05, 0.1) is 13.2 Å².